The van der Waals surface area contributed by atoms with Crippen molar-refractivity contribution in [1.82, 2.24) is 4.90 Å². The lowest BCUT2D eigenvalue weighted by Crippen LogP contribution is -2.36. The predicted molar refractivity (Wildman–Crippen MR) is 80.5 cm³/mol. The van der Waals surface area contributed by atoms with Crippen LogP contribution in [0.1, 0.15) is 30.0 Å². The average molecular weight is 297 g/mol. The van der Waals surface area contributed by atoms with Crippen LogP contribution in [0.15, 0.2) is 24.3 Å². The van der Waals surface area contributed by atoms with Crippen LogP contribution >= 0.6 is 0 Å². The van der Waals surface area contributed by atoms with Crippen molar-refractivity contribution in [3.05, 3.63) is 35.4 Å². The highest BCUT2D eigenvalue weighted by molar-refractivity contribution is 7.90. The first-order valence-electron chi connectivity index (χ1n) is 7.11. The molecular weight excluding hydrogens is 274 g/mol. The van der Waals surface area contributed by atoms with Crippen LogP contribution < -0.4 is 0 Å². The van der Waals surface area contributed by atoms with E-state index in [4.69, 9.17) is 0 Å². The fourth-order valence-corrected chi connectivity index (χ4v) is 3.51. The van der Waals surface area contributed by atoms with E-state index < -0.39 is 9.84 Å². The minimum absolute atomic E-state index is 0.0580. The van der Waals surface area contributed by atoms with Crippen molar-refractivity contribution in [2.24, 2.45) is 0 Å². The third kappa shape index (κ3) is 4.04. The van der Waals surface area contributed by atoms with Gasteiger partial charge in [0.05, 0.1) is 12.4 Å². The number of sulfone groups is 1. The molecule has 5 heteroatoms. The van der Waals surface area contributed by atoms with Crippen LogP contribution in [0.4, 0.5) is 0 Å². The van der Waals surface area contributed by atoms with Crippen molar-refractivity contribution < 1.29 is 13.5 Å². The number of nitrogens with zero attached hydrogens (tertiary/aromatic N) is 1. The van der Waals surface area contributed by atoms with Gasteiger partial charge in [-0.25, -0.2) is 8.42 Å². The van der Waals surface area contributed by atoms with Crippen LogP contribution in [0.2, 0.25) is 0 Å². The summed E-state index contributed by atoms with van der Waals surface area (Å²) in [6.45, 7) is 1.06. The normalized spacial score (nSPS) is 19.1. The highest BCUT2D eigenvalue weighted by Crippen LogP contribution is 2.33. The van der Waals surface area contributed by atoms with Gasteiger partial charge in [0.15, 0.2) is 0 Å². The van der Waals surface area contributed by atoms with Crippen LogP contribution in [-0.2, 0) is 16.3 Å². The summed E-state index contributed by atoms with van der Waals surface area (Å²) in [7, 11) is -2.98. The molecular formula is C15H23NO3S. The monoisotopic (exact) mass is 297 g/mol. The molecule has 112 valence electrons. The predicted octanol–water partition coefficient (Wildman–Crippen LogP) is 1.40. The molecule has 1 unspecified atom stereocenters. The smallest absolute Gasteiger partial charge is 0.148 e. The number of fused-ring (bicyclic) bond motifs is 1. The van der Waals surface area contributed by atoms with Gasteiger partial charge < -0.3 is 5.11 Å². The van der Waals surface area contributed by atoms with Gasteiger partial charge in [-0.15, -0.1) is 0 Å². The minimum Gasteiger partial charge on any atom is -0.395 e. The van der Waals surface area contributed by atoms with Crippen LogP contribution in [0.3, 0.4) is 0 Å². The van der Waals surface area contributed by atoms with Gasteiger partial charge in [-0.05, 0) is 30.4 Å². The third-order valence-electron chi connectivity index (χ3n) is 3.92. The van der Waals surface area contributed by atoms with Gasteiger partial charge in [0.2, 0.25) is 0 Å². The zero-order valence-corrected chi connectivity index (χ0v) is 12.8. The summed E-state index contributed by atoms with van der Waals surface area (Å²) in [5.41, 5.74) is 2.65. The van der Waals surface area contributed by atoms with Crippen molar-refractivity contribution in [2.75, 3.05) is 31.7 Å². The first-order valence-corrected chi connectivity index (χ1v) is 9.18. The molecule has 0 bridgehead atoms. The largest absolute Gasteiger partial charge is 0.395 e. The lowest BCUT2D eigenvalue weighted by Gasteiger charge is -2.35. The third-order valence-corrected chi connectivity index (χ3v) is 4.84. The standard InChI is InChI=1S/C15H23NO3S/c1-20(18,19)12-10-16(9-11-17)15-8-4-6-13-5-2-3-7-14(13)15/h2-3,5,7,15,17H,4,6,8-12H2,1H3. The molecule has 0 heterocycles. The second kappa shape index (κ2) is 6.70. The molecule has 1 aromatic carbocycles. The summed E-state index contributed by atoms with van der Waals surface area (Å²) in [6, 6.07) is 8.59. The first-order chi connectivity index (χ1) is 9.51. The Bertz CT molecular complexity index is 542. The number of aliphatic hydroxyl groups is 1. The van der Waals surface area contributed by atoms with E-state index in [1.165, 1.54) is 17.4 Å². The van der Waals surface area contributed by atoms with Crippen molar-refractivity contribution in [1.29, 1.82) is 0 Å². The molecule has 0 aromatic heterocycles. The van der Waals surface area contributed by atoms with Crippen molar-refractivity contribution in [2.45, 2.75) is 25.3 Å². The molecule has 0 spiro atoms. The Morgan fingerprint density at radius 3 is 2.75 bits per heavy atom. The van der Waals surface area contributed by atoms with E-state index in [-0.39, 0.29) is 18.4 Å². The van der Waals surface area contributed by atoms with E-state index in [2.05, 4.69) is 17.0 Å². The summed E-state index contributed by atoms with van der Waals surface area (Å²) in [6.07, 6.45) is 4.49. The Morgan fingerprint density at radius 1 is 1.30 bits per heavy atom. The van der Waals surface area contributed by atoms with Crippen molar-refractivity contribution >= 4 is 9.84 Å². The summed E-state index contributed by atoms with van der Waals surface area (Å²) in [5.74, 6) is 0.145. The maximum absolute atomic E-state index is 11.4. The maximum Gasteiger partial charge on any atom is 0.148 e. The highest BCUT2D eigenvalue weighted by Gasteiger charge is 2.25. The Labute approximate surface area is 121 Å². The SMILES string of the molecule is CS(=O)(=O)CCN(CCO)C1CCCc2ccccc21. The van der Waals surface area contributed by atoms with Crippen molar-refractivity contribution in [3.63, 3.8) is 0 Å². The van der Waals surface area contributed by atoms with Gasteiger partial charge in [0.25, 0.3) is 0 Å². The van der Waals surface area contributed by atoms with Crippen molar-refractivity contribution in [3.8, 4) is 0 Å². The quantitative estimate of drug-likeness (QED) is 0.862. The minimum atomic E-state index is -2.98. The molecule has 0 radical (unpaired) electrons. The highest BCUT2D eigenvalue weighted by atomic mass is 32.2. The second-order valence-electron chi connectivity index (χ2n) is 5.50. The second-order valence-corrected chi connectivity index (χ2v) is 7.76. The Hall–Kier alpha value is -0.910. The van der Waals surface area contributed by atoms with Gasteiger partial charge in [-0.2, -0.15) is 0 Å². The molecule has 0 saturated heterocycles. The van der Waals surface area contributed by atoms with E-state index in [1.54, 1.807) is 0 Å². The number of benzene rings is 1. The number of hydrogen-bond acceptors (Lipinski definition) is 4. The van der Waals surface area contributed by atoms with E-state index in [1.807, 2.05) is 12.1 Å². The Morgan fingerprint density at radius 2 is 2.05 bits per heavy atom. The average Bonchev–Trinajstić information content (AvgIpc) is 2.42. The molecule has 1 aliphatic rings. The number of rotatable bonds is 6. The van der Waals surface area contributed by atoms with Crippen LogP contribution in [-0.4, -0.2) is 50.1 Å². The van der Waals surface area contributed by atoms with E-state index >= 15 is 0 Å². The van der Waals surface area contributed by atoms with E-state index in [0.717, 1.165) is 19.3 Å². The molecule has 2 rings (SSSR count). The topological polar surface area (TPSA) is 57.6 Å². The molecule has 1 aliphatic carbocycles. The van der Waals surface area contributed by atoms with Gasteiger partial charge in [0, 0.05) is 25.4 Å². The number of hydrogen-bond donors (Lipinski definition) is 1. The van der Waals surface area contributed by atoms with Crippen LogP contribution in [0.5, 0.6) is 0 Å². The summed E-state index contributed by atoms with van der Waals surface area (Å²) < 4.78 is 22.8. The zero-order chi connectivity index (χ0) is 14.6. The maximum atomic E-state index is 11.4. The van der Waals surface area contributed by atoms with Gasteiger partial charge >= 0.3 is 0 Å². The lowest BCUT2D eigenvalue weighted by molar-refractivity contribution is 0.146. The summed E-state index contributed by atoms with van der Waals surface area (Å²) >= 11 is 0. The molecule has 0 amide bonds. The summed E-state index contributed by atoms with van der Waals surface area (Å²) in [4.78, 5) is 2.11. The summed E-state index contributed by atoms with van der Waals surface area (Å²) in [5, 5.41) is 9.25. The Balaban J connectivity index is 2.17. The molecule has 1 N–H and O–H groups in total. The van der Waals surface area contributed by atoms with E-state index in [9.17, 15) is 13.5 Å². The lowest BCUT2D eigenvalue weighted by atomic mass is 9.87. The van der Waals surface area contributed by atoms with Gasteiger partial charge in [-0.3, -0.25) is 4.90 Å². The van der Waals surface area contributed by atoms with Crippen LogP contribution in [0.25, 0.3) is 0 Å². The molecule has 0 aliphatic heterocycles. The van der Waals surface area contributed by atoms with Crippen LogP contribution in [0, 0.1) is 0 Å². The molecule has 0 fully saturated rings. The molecule has 20 heavy (non-hydrogen) atoms. The molecule has 0 saturated carbocycles. The van der Waals surface area contributed by atoms with Gasteiger partial charge in [0.1, 0.15) is 9.84 Å². The fourth-order valence-electron chi connectivity index (χ4n) is 2.94. The number of aryl methyl sites for hydroxylation is 1. The zero-order valence-electron chi connectivity index (χ0n) is 12.0. The molecule has 1 atom stereocenters. The fraction of sp³-hybridized carbons (Fsp3) is 0.600. The molecule has 1 aromatic rings. The first kappa shape index (κ1) is 15.5. The molecule has 4 nitrogen and oxygen atoms in total. The van der Waals surface area contributed by atoms with Gasteiger partial charge in [-0.1, -0.05) is 24.3 Å². The Kier molecular flexibility index (Phi) is 5.18. The van der Waals surface area contributed by atoms with E-state index in [0.29, 0.717) is 13.1 Å². The number of aliphatic hydroxyl groups excluding tert-OH is 1.